The molecule has 0 spiro atoms. The molecule has 234 valence electrons. The van der Waals surface area contributed by atoms with Gasteiger partial charge in [-0.15, -0.1) is 9.91 Å². The van der Waals surface area contributed by atoms with Gasteiger partial charge in [-0.3, -0.25) is 0 Å². The Balaban J connectivity index is 1.50. The van der Waals surface area contributed by atoms with Crippen molar-refractivity contribution in [2.75, 3.05) is 0 Å². The quantitative estimate of drug-likeness (QED) is 0.102. The monoisotopic (exact) mass is 646 g/mol. The Hall–Kier alpha value is -6.00. The summed E-state index contributed by atoms with van der Waals surface area (Å²) in [6.45, 7) is 19.1. The molecule has 0 unspecified atom stereocenters. The minimum Gasteiger partial charge on any atom is -0.181 e. The Labute approximate surface area is 268 Å². The summed E-state index contributed by atoms with van der Waals surface area (Å²) >= 11 is 0. The van der Waals surface area contributed by atoms with Gasteiger partial charge in [0.25, 0.3) is 0 Å². The van der Waals surface area contributed by atoms with Gasteiger partial charge in [-0.2, -0.15) is 39.5 Å². The van der Waals surface area contributed by atoms with Crippen LogP contribution in [-0.2, 0) is 12.4 Å². The maximum absolute atomic E-state index is 13.6. The van der Waals surface area contributed by atoms with Gasteiger partial charge in [-0.1, -0.05) is 53.6 Å². The first-order valence-corrected chi connectivity index (χ1v) is 14.5. The van der Waals surface area contributed by atoms with Crippen molar-refractivity contribution in [2.45, 2.75) is 26.2 Å². The molecule has 7 aromatic carbocycles. The molecule has 0 saturated heterocycles. The molecule has 0 N–H and O–H groups in total. The lowest BCUT2D eigenvalue weighted by Gasteiger charge is -2.14. The average molecular weight is 647 g/mol. The number of halogens is 6. The van der Waals surface area contributed by atoms with Gasteiger partial charge in [0.05, 0.1) is 21.3 Å². The summed E-state index contributed by atoms with van der Waals surface area (Å²) in [5.41, 5.74) is 1.18. The molecule has 7 rings (SSSR count). The van der Waals surface area contributed by atoms with Crippen LogP contribution in [-0.4, -0.2) is 0 Å². The summed E-state index contributed by atoms with van der Waals surface area (Å²) in [6, 6.07) is 21.9. The molecule has 4 nitrogen and oxygen atoms in total. The molecule has 0 fully saturated rings. The summed E-state index contributed by atoms with van der Waals surface area (Å²) in [4.78, 5) is 6.55. The van der Waals surface area contributed by atoms with E-state index in [1.54, 1.807) is 12.1 Å². The molecule has 0 saturated carbocycles. The Kier molecular flexibility index (Phi) is 6.88. The van der Waals surface area contributed by atoms with Crippen molar-refractivity contribution in [3.8, 4) is 22.3 Å². The van der Waals surface area contributed by atoms with Gasteiger partial charge in [0.2, 0.25) is 0 Å². The lowest BCUT2D eigenvalue weighted by molar-refractivity contribution is -0.143. The number of alkyl halides is 6. The van der Waals surface area contributed by atoms with E-state index in [1.807, 2.05) is 38.1 Å². The first-order valence-electron chi connectivity index (χ1n) is 14.5. The molecule has 10 heteroatoms. The lowest BCUT2D eigenvalue weighted by Crippen LogP contribution is -2.11. The second-order valence-electron chi connectivity index (χ2n) is 11.7. The number of nitrogens with zero attached hydrogens (tertiary/aromatic N) is 4. The molecule has 0 aliphatic rings. The number of hydrogen-bond donors (Lipinski definition) is 0. The number of hydrogen-bond acceptors (Lipinski definition) is 2. The van der Waals surface area contributed by atoms with Gasteiger partial charge in [0, 0.05) is 21.5 Å². The van der Waals surface area contributed by atoms with Gasteiger partial charge >= 0.3 is 12.4 Å². The molecule has 0 amide bonds. The zero-order valence-corrected chi connectivity index (χ0v) is 25.1. The normalized spacial score (nSPS) is 13.2. The summed E-state index contributed by atoms with van der Waals surface area (Å²) in [6.07, 6.45) is -10.00. The summed E-state index contributed by atoms with van der Waals surface area (Å²) < 4.78 is 81.7. The first kappa shape index (κ1) is 30.6. The molecule has 7 aromatic rings. The van der Waals surface area contributed by atoms with E-state index >= 15 is 0 Å². The molecule has 0 radical (unpaired) electrons. The molecule has 0 atom stereocenters. The molecule has 0 heterocycles. The van der Waals surface area contributed by atoms with Crippen LogP contribution in [0.3, 0.4) is 0 Å². The smallest absolute Gasteiger partial charge is 0.181 e. The molecule has 0 bridgehead atoms. The Morgan fingerprint density at radius 3 is 1.25 bits per heavy atom. The largest absolute Gasteiger partial charge is 0.416 e. The van der Waals surface area contributed by atoms with Crippen LogP contribution in [0.15, 0.2) is 95.1 Å². The molecular weight excluding hydrogens is 626 g/mol. The SMILES string of the molecule is [C-]#[N+]/N=c1/c2cc(-c3cc(C(F)(F)F)cc(C(F)(F)F)c3)ccc2c2cc3c(cc12)/c(=N/[N+]#[C-])c1cc(-c2cc(C)cc(C)c2)ccc13. The van der Waals surface area contributed by atoms with E-state index in [2.05, 4.69) is 38.3 Å². The van der Waals surface area contributed by atoms with Crippen LogP contribution in [0.2, 0.25) is 0 Å². The summed E-state index contributed by atoms with van der Waals surface area (Å²) in [5.74, 6) is 0. The van der Waals surface area contributed by atoms with E-state index in [-0.39, 0.29) is 22.6 Å². The van der Waals surface area contributed by atoms with E-state index in [1.165, 1.54) is 12.1 Å². The second-order valence-corrected chi connectivity index (χ2v) is 11.7. The average Bonchev–Trinajstić information content (AvgIpc) is 3.49. The van der Waals surface area contributed by atoms with Gasteiger partial charge in [-0.25, -0.2) is 0 Å². The van der Waals surface area contributed by atoms with E-state index in [0.29, 0.717) is 44.4 Å². The van der Waals surface area contributed by atoms with Gasteiger partial charge < -0.3 is 0 Å². The third-order valence-corrected chi connectivity index (χ3v) is 8.57. The van der Waals surface area contributed by atoms with Crippen LogP contribution in [0, 0.1) is 27.0 Å². The van der Waals surface area contributed by atoms with Crippen LogP contribution >= 0.6 is 0 Å². The Bertz CT molecular complexity index is 2640. The van der Waals surface area contributed by atoms with Crippen molar-refractivity contribution >= 4 is 43.1 Å². The fraction of sp³-hybridized carbons (Fsp3) is 0.105. The van der Waals surface area contributed by atoms with Gasteiger partial charge in [0.1, 0.15) is 0 Å². The van der Waals surface area contributed by atoms with Gasteiger partial charge in [0.15, 0.2) is 10.7 Å². The fourth-order valence-electron chi connectivity index (χ4n) is 6.61. The number of aryl methyl sites for hydroxylation is 2. The lowest BCUT2D eigenvalue weighted by atomic mass is 9.97. The predicted octanol–water partition coefficient (Wildman–Crippen LogP) is 10.6. The van der Waals surface area contributed by atoms with Crippen molar-refractivity contribution in [3.63, 3.8) is 0 Å². The zero-order valence-electron chi connectivity index (χ0n) is 25.1. The van der Waals surface area contributed by atoms with Crippen LogP contribution in [0.1, 0.15) is 22.3 Å². The molecule has 48 heavy (non-hydrogen) atoms. The molecule has 0 aliphatic carbocycles. The van der Waals surface area contributed by atoms with Crippen molar-refractivity contribution in [2.24, 2.45) is 10.2 Å². The van der Waals surface area contributed by atoms with Crippen molar-refractivity contribution in [1.82, 2.24) is 0 Å². The van der Waals surface area contributed by atoms with Gasteiger partial charge in [-0.05, 0) is 100 Å². The minimum atomic E-state index is -5.00. The van der Waals surface area contributed by atoms with Crippen molar-refractivity contribution < 1.29 is 26.3 Å². The van der Waals surface area contributed by atoms with Crippen LogP contribution < -0.4 is 10.7 Å². The maximum atomic E-state index is 13.6. The molecule has 0 aliphatic heterocycles. The van der Waals surface area contributed by atoms with E-state index in [4.69, 9.17) is 13.1 Å². The summed E-state index contributed by atoms with van der Waals surface area (Å²) in [7, 11) is 0. The van der Waals surface area contributed by atoms with Crippen LogP contribution in [0.5, 0.6) is 0 Å². The Morgan fingerprint density at radius 1 is 0.438 bits per heavy atom. The highest BCUT2D eigenvalue weighted by atomic mass is 19.4. The molecular formula is C38H20F6N4. The highest BCUT2D eigenvalue weighted by molar-refractivity contribution is 6.21. The van der Waals surface area contributed by atoms with Crippen LogP contribution in [0.25, 0.3) is 75.3 Å². The topological polar surface area (TPSA) is 33.4 Å². The predicted molar refractivity (Wildman–Crippen MR) is 174 cm³/mol. The minimum absolute atomic E-state index is 0.0884. The standard InChI is InChI=1S/C38H20F6N4/c1-19-9-20(2)11-23(10-19)21-5-7-27-29-17-30-28-8-6-22(24-12-25(37(39,40)41)16-26(13-24)38(42,43)44)15-32(28)36(48-46-4)34(30)18-33(29)35(47-45-3)31(27)14-21/h5-18H,1-2H3/b47-35+,48-36-. The number of fused-ring (bicyclic) bond motifs is 6. The van der Waals surface area contributed by atoms with Crippen LogP contribution in [0.4, 0.5) is 26.3 Å². The highest BCUT2D eigenvalue weighted by Gasteiger charge is 2.37. The maximum Gasteiger partial charge on any atom is 0.416 e. The zero-order chi connectivity index (χ0) is 34.1. The highest BCUT2D eigenvalue weighted by Crippen LogP contribution is 2.40. The third kappa shape index (κ3) is 5.03. The van der Waals surface area contributed by atoms with Crippen molar-refractivity contribution in [3.05, 3.63) is 141 Å². The number of rotatable bonds is 2. The van der Waals surface area contributed by atoms with E-state index in [0.717, 1.165) is 38.4 Å². The number of benzene rings is 5. The second kappa shape index (κ2) is 10.8. The third-order valence-electron chi connectivity index (χ3n) is 8.57. The molecule has 0 aromatic heterocycles. The van der Waals surface area contributed by atoms with E-state index in [9.17, 15) is 26.3 Å². The fourth-order valence-corrected chi connectivity index (χ4v) is 6.61. The van der Waals surface area contributed by atoms with Crippen molar-refractivity contribution in [1.29, 1.82) is 0 Å². The van der Waals surface area contributed by atoms with E-state index < -0.39 is 23.5 Å². The Morgan fingerprint density at radius 2 is 0.833 bits per heavy atom. The first-order chi connectivity index (χ1) is 22.8. The summed E-state index contributed by atoms with van der Waals surface area (Å²) in [5, 5.41) is 14.1.